The molecule has 0 atom stereocenters. The lowest BCUT2D eigenvalue weighted by Crippen LogP contribution is -2.08. The highest BCUT2D eigenvalue weighted by atomic mass is 79.9. The third-order valence-electron chi connectivity index (χ3n) is 1.65. The molecule has 0 amide bonds. The molecule has 0 unspecified atom stereocenters. The Morgan fingerprint density at radius 1 is 0.933 bits per heavy atom. The minimum absolute atomic E-state index is 0.163. The van der Waals surface area contributed by atoms with Gasteiger partial charge in [0, 0.05) is 0 Å². The Kier molecular flexibility index (Phi) is 4.45. The first-order valence-electron chi connectivity index (χ1n) is 5.12. The SMILES string of the molecule is CC(C)Oc1cccc(OC(C)C)c1Br. The van der Waals surface area contributed by atoms with Crippen LogP contribution in [0.1, 0.15) is 27.7 Å². The van der Waals surface area contributed by atoms with Crippen molar-refractivity contribution in [2.45, 2.75) is 39.9 Å². The summed E-state index contributed by atoms with van der Waals surface area (Å²) in [7, 11) is 0. The first-order valence-corrected chi connectivity index (χ1v) is 5.92. The molecule has 0 saturated heterocycles. The van der Waals surface area contributed by atoms with Crippen LogP contribution in [0.25, 0.3) is 0 Å². The molecule has 0 radical (unpaired) electrons. The highest BCUT2D eigenvalue weighted by Gasteiger charge is 2.09. The van der Waals surface area contributed by atoms with Gasteiger partial charge in [0.05, 0.1) is 12.2 Å². The van der Waals surface area contributed by atoms with Crippen molar-refractivity contribution >= 4 is 15.9 Å². The van der Waals surface area contributed by atoms with Crippen molar-refractivity contribution in [2.24, 2.45) is 0 Å². The van der Waals surface area contributed by atoms with E-state index in [1.807, 2.05) is 45.9 Å². The van der Waals surface area contributed by atoms with E-state index in [1.54, 1.807) is 0 Å². The van der Waals surface area contributed by atoms with Crippen LogP contribution in [0.4, 0.5) is 0 Å². The van der Waals surface area contributed by atoms with Gasteiger partial charge in [0.1, 0.15) is 16.0 Å². The third kappa shape index (κ3) is 3.74. The standard InChI is InChI=1S/C12H17BrO2/c1-8(2)14-10-6-5-7-11(12(10)13)15-9(3)4/h5-9H,1-4H3. The zero-order valence-electron chi connectivity index (χ0n) is 9.58. The van der Waals surface area contributed by atoms with Gasteiger partial charge in [-0.2, -0.15) is 0 Å². The maximum Gasteiger partial charge on any atom is 0.137 e. The second-order valence-corrected chi connectivity index (χ2v) is 4.69. The van der Waals surface area contributed by atoms with Crippen LogP contribution in [-0.4, -0.2) is 12.2 Å². The third-order valence-corrected chi connectivity index (χ3v) is 2.43. The van der Waals surface area contributed by atoms with Crippen molar-refractivity contribution in [3.8, 4) is 11.5 Å². The number of rotatable bonds is 4. The van der Waals surface area contributed by atoms with E-state index < -0.39 is 0 Å². The molecular weight excluding hydrogens is 256 g/mol. The molecule has 2 nitrogen and oxygen atoms in total. The predicted octanol–water partition coefficient (Wildman–Crippen LogP) is 4.02. The Hall–Kier alpha value is -0.700. The molecule has 3 heteroatoms. The van der Waals surface area contributed by atoms with E-state index in [-0.39, 0.29) is 12.2 Å². The first-order chi connectivity index (χ1) is 7.00. The van der Waals surface area contributed by atoms with Gasteiger partial charge < -0.3 is 9.47 Å². The lowest BCUT2D eigenvalue weighted by molar-refractivity contribution is 0.226. The molecular formula is C12H17BrO2. The quantitative estimate of drug-likeness (QED) is 0.824. The molecule has 0 aliphatic carbocycles. The number of hydrogen-bond donors (Lipinski definition) is 0. The molecule has 0 aliphatic rings. The van der Waals surface area contributed by atoms with Crippen molar-refractivity contribution in [1.82, 2.24) is 0 Å². The van der Waals surface area contributed by atoms with E-state index >= 15 is 0 Å². The fourth-order valence-electron chi connectivity index (χ4n) is 1.18. The van der Waals surface area contributed by atoms with Gasteiger partial charge in [-0.05, 0) is 55.8 Å². The van der Waals surface area contributed by atoms with Gasteiger partial charge in [-0.1, -0.05) is 6.07 Å². The smallest absolute Gasteiger partial charge is 0.137 e. The van der Waals surface area contributed by atoms with E-state index in [0.717, 1.165) is 16.0 Å². The van der Waals surface area contributed by atoms with Crippen molar-refractivity contribution in [3.05, 3.63) is 22.7 Å². The Bertz CT molecular complexity index is 293. The minimum atomic E-state index is 0.163. The summed E-state index contributed by atoms with van der Waals surface area (Å²) in [6.07, 6.45) is 0.325. The number of hydrogen-bond acceptors (Lipinski definition) is 2. The topological polar surface area (TPSA) is 18.5 Å². The van der Waals surface area contributed by atoms with E-state index in [2.05, 4.69) is 15.9 Å². The zero-order valence-corrected chi connectivity index (χ0v) is 11.2. The van der Waals surface area contributed by atoms with E-state index in [0.29, 0.717) is 0 Å². The summed E-state index contributed by atoms with van der Waals surface area (Å²) < 4.78 is 12.2. The van der Waals surface area contributed by atoms with Crippen LogP contribution >= 0.6 is 15.9 Å². The molecule has 0 fully saturated rings. The summed E-state index contributed by atoms with van der Waals surface area (Å²) in [5, 5.41) is 0. The lowest BCUT2D eigenvalue weighted by Gasteiger charge is -2.16. The molecule has 0 bridgehead atoms. The van der Waals surface area contributed by atoms with E-state index in [4.69, 9.17) is 9.47 Å². The monoisotopic (exact) mass is 272 g/mol. The maximum atomic E-state index is 5.64. The van der Waals surface area contributed by atoms with Crippen molar-refractivity contribution in [3.63, 3.8) is 0 Å². The molecule has 0 N–H and O–H groups in total. The maximum absolute atomic E-state index is 5.64. The summed E-state index contributed by atoms with van der Waals surface area (Å²) in [4.78, 5) is 0. The zero-order chi connectivity index (χ0) is 11.4. The number of halogens is 1. The van der Waals surface area contributed by atoms with Gasteiger partial charge >= 0.3 is 0 Å². The van der Waals surface area contributed by atoms with Crippen LogP contribution in [-0.2, 0) is 0 Å². The van der Waals surface area contributed by atoms with Crippen LogP contribution in [0.15, 0.2) is 22.7 Å². The van der Waals surface area contributed by atoms with Gasteiger partial charge in [0.15, 0.2) is 0 Å². The van der Waals surface area contributed by atoms with Gasteiger partial charge in [-0.15, -0.1) is 0 Å². The second kappa shape index (κ2) is 5.40. The van der Waals surface area contributed by atoms with Gasteiger partial charge in [-0.3, -0.25) is 0 Å². The Morgan fingerprint density at radius 2 is 1.33 bits per heavy atom. The van der Waals surface area contributed by atoms with Crippen LogP contribution in [0.2, 0.25) is 0 Å². The molecule has 84 valence electrons. The average Bonchev–Trinajstić information content (AvgIpc) is 2.10. The molecule has 0 saturated carbocycles. The van der Waals surface area contributed by atoms with Gasteiger partial charge in [-0.25, -0.2) is 0 Å². The fraction of sp³-hybridized carbons (Fsp3) is 0.500. The lowest BCUT2D eigenvalue weighted by atomic mass is 10.3. The second-order valence-electron chi connectivity index (χ2n) is 3.90. The summed E-state index contributed by atoms with van der Waals surface area (Å²) in [5.74, 6) is 1.64. The highest BCUT2D eigenvalue weighted by Crippen LogP contribution is 2.35. The molecule has 15 heavy (non-hydrogen) atoms. The van der Waals surface area contributed by atoms with Crippen LogP contribution in [0.5, 0.6) is 11.5 Å². The summed E-state index contributed by atoms with van der Waals surface area (Å²) in [5.41, 5.74) is 0. The van der Waals surface area contributed by atoms with Crippen LogP contribution in [0.3, 0.4) is 0 Å². The van der Waals surface area contributed by atoms with Crippen LogP contribution < -0.4 is 9.47 Å². The Labute approximate surface area is 99.7 Å². The summed E-state index contributed by atoms with van der Waals surface area (Å²) >= 11 is 3.49. The molecule has 0 spiro atoms. The molecule has 1 aromatic carbocycles. The van der Waals surface area contributed by atoms with E-state index in [1.165, 1.54) is 0 Å². The number of benzene rings is 1. The van der Waals surface area contributed by atoms with Crippen molar-refractivity contribution < 1.29 is 9.47 Å². The molecule has 0 aliphatic heterocycles. The van der Waals surface area contributed by atoms with E-state index in [9.17, 15) is 0 Å². The van der Waals surface area contributed by atoms with Crippen molar-refractivity contribution in [2.75, 3.05) is 0 Å². The Balaban J connectivity index is 2.90. The van der Waals surface area contributed by atoms with Gasteiger partial charge in [0.25, 0.3) is 0 Å². The fourth-order valence-corrected chi connectivity index (χ4v) is 1.63. The average molecular weight is 273 g/mol. The summed E-state index contributed by atoms with van der Waals surface area (Å²) in [6.45, 7) is 8.01. The molecule has 0 aromatic heterocycles. The first kappa shape index (κ1) is 12.4. The largest absolute Gasteiger partial charge is 0.490 e. The molecule has 1 rings (SSSR count). The normalized spacial score (nSPS) is 10.9. The summed E-state index contributed by atoms with van der Waals surface area (Å²) in [6, 6.07) is 5.79. The van der Waals surface area contributed by atoms with Gasteiger partial charge in [0.2, 0.25) is 0 Å². The Morgan fingerprint density at radius 3 is 1.67 bits per heavy atom. The van der Waals surface area contributed by atoms with Crippen molar-refractivity contribution in [1.29, 1.82) is 0 Å². The predicted molar refractivity (Wildman–Crippen MR) is 65.7 cm³/mol. The molecule has 1 aromatic rings. The van der Waals surface area contributed by atoms with Crippen LogP contribution in [0, 0.1) is 0 Å². The minimum Gasteiger partial charge on any atom is -0.490 e. The number of ether oxygens (including phenoxy) is 2. The molecule has 0 heterocycles. The highest BCUT2D eigenvalue weighted by molar-refractivity contribution is 9.10.